The fourth-order valence-corrected chi connectivity index (χ4v) is 7.96. The van der Waals surface area contributed by atoms with Gasteiger partial charge in [0.25, 0.3) is 0 Å². The maximum atomic E-state index is 12.9. The molecule has 2 amide bonds. The van der Waals surface area contributed by atoms with Crippen molar-refractivity contribution in [1.82, 2.24) is 10.6 Å². The van der Waals surface area contributed by atoms with Gasteiger partial charge in [-0.2, -0.15) is 0 Å². The lowest BCUT2D eigenvalue weighted by Crippen LogP contribution is -2.53. The van der Waals surface area contributed by atoms with Crippen molar-refractivity contribution in [2.24, 2.45) is 28.6 Å². The van der Waals surface area contributed by atoms with Crippen molar-refractivity contribution in [3.63, 3.8) is 0 Å². The minimum absolute atomic E-state index is 0.137. The Bertz CT molecular complexity index is 695. The highest BCUT2D eigenvalue weighted by atomic mass is 16.2. The second-order valence-electron chi connectivity index (χ2n) is 10.7. The number of nitrogens with one attached hydrogen (secondary N) is 2. The predicted octanol–water partition coefficient (Wildman–Crippen LogP) is 4.45. The molecule has 0 aromatic rings. The molecule has 0 spiro atoms. The summed E-state index contributed by atoms with van der Waals surface area (Å²) in [6, 6.07) is 0.435. The Morgan fingerprint density at radius 2 is 1.93 bits per heavy atom. The summed E-state index contributed by atoms with van der Waals surface area (Å²) in [5.74, 6) is 2.56. The van der Waals surface area contributed by atoms with Gasteiger partial charge in [-0.3, -0.25) is 9.59 Å². The zero-order chi connectivity index (χ0) is 19.4. The normalized spacial score (nSPS) is 42.8. The van der Waals surface area contributed by atoms with Crippen LogP contribution in [0.5, 0.6) is 0 Å². The molecule has 154 valence electrons. The molecule has 0 unspecified atom stereocenters. The highest BCUT2D eigenvalue weighted by molar-refractivity contribution is 5.79. The van der Waals surface area contributed by atoms with Crippen LogP contribution in [0.3, 0.4) is 0 Å². The van der Waals surface area contributed by atoms with Crippen LogP contribution in [0.25, 0.3) is 0 Å². The van der Waals surface area contributed by atoms with Crippen molar-refractivity contribution in [3.8, 4) is 0 Å². The number of amides is 2. The smallest absolute Gasteiger partial charge is 0.224 e. The van der Waals surface area contributed by atoms with E-state index in [4.69, 9.17) is 0 Å². The molecule has 4 aliphatic carbocycles. The highest BCUT2D eigenvalue weighted by Gasteiger charge is 2.57. The summed E-state index contributed by atoms with van der Waals surface area (Å²) in [4.78, 5) is 24.8. The maximum absolute atomic E-state index is 12.9. The van der Waals surface area contributed by atoms with Gasteiger partial charge in [0, 0.05) is 30.0 Å². The van der Waals surface area contributed by atoms with E-state index >= 15 is 0 Å². The van der Waals surface area contributed by atoms with Crippen LogP contribution >= 0.6 is 0 Å². The molecule has 5 aliphatic rings. The molecule has 4 fully saturated rings. The third kappa shape index (κ3) is 2.93. The van der Waals surface area contributed by atoms with Crippen LogP contribution in [0, 0.1) is 28.6 Å². The van der Waals surface area contributed by atoms with E-state index in [2.05, 4.69) is 23.6 Å². The third-order valence-electron chi connectivity index (χ3n) is 9.37. The molecule has 4 heteroatoms. The summed E-state index contributed by atoms with van der Waals surface area (Å²) < 4.78 is 0. The molecule has 1 heterocycles. The van der Waals surface area contributed by atoms with Gasteiger partial charge < -0.3 is 10.6 Å². The molecule has 1 aliphatic heterocycles. The largest absolute Gasteiger partial charge is 0.353 e. The number of fused-ring (bicyclic) bond motifs is 5. The lowest BCUT2D eigenvalue weighted by atomic mass is 9.49. The van der Waals surface area contributed by atoms with E-state index in [0.29, 0.717) is 36.1 Å². The summed E-state index contributed by atoms with van der Waals surface area (Å²) in [6.07, 6.45) is 17.0. The second-order valence-corrected chi connectivity index (χ2v) is 10.7. The van der Waals surface area contributed by atoms with E-state index in [1.165, 1.54) is 63.5 Å². The van der Waals surface area contributed by atoms with Crippen LogP contribution in [-0.4, -0.2) is 17.9 Å². The van der Waals surface area contributed by atoms with Crippen molar-refractivity contribution >= 4 is 11.8 Å². The van der Waals surface area contributed by atoms with E-state index < -0.39 is 0 Å². The number of hydrogen-bond donors (Lipinski definition) is 2. The van der Waals surface area contributed by atoms with Gasteiger partial charge in [0.15, 0.2) is 0 Å². The Kier molecular flexibility index (Phi) is 4.59. The van der Waals surface area contributed by atoms with Gasteiger partial charge in [0.05, 0.1) is 0 Å². The molecule has 1 saturated heterocycles. The van der Waals surface area contributed by atoms with Crippen LogP contribution in [-0.2, 0) is 9.59 Å². The van der Waals surface area contributed by atoms with Crippen LogP contribution in [0.15, 0.2) is 11.8 Å². The molecule has 0 bridgehead atoms. The molecule has 5 rings (SSSR count). The molecule has 0 aromatic carbocycles. The highest BCUT2D eigenvalue weighted by Crippen LogP contribution is 2.64. The van der Waals surface area contributed by atoms with Crippen molar-refractivity contribution in [2.45, 2.75) is 96.4 Å². The summed E-state index contributed by atoms with van der Waals surface area (Å²) in [7, 11) is 0. The lowest BCUT2D eigenvalue weighted by Gasteiger charge is -2.57. The Labute approximate surface area is 169 Å². The molecule has 2 N–H and O–H groups in total. The van der Waals surface area contributed by atoms with Crippen molar-refractivity contribution < 1.29 is 9.59 Å². The van der Waals surface area contributed by atoms with Gasteiger partial charge in [0.1, 0.15) is 0 Å². The minimum atomic E-state index is 0.137. The number of carbonyl (C=O) groups excluding carboxylic acids is 2. The molecular weight excluding hydrogens is 348 g/mol. The minimum Gasteiger partial charge on any atom is -0.353 e. The molecule has 0 radical (unpaired) electrons. The van der Waals surface area contributed by atoms with E-state index in [-0.39, 0.29) is 16.7 Å². The number of carbonyl (C=O) groups is 2. The Balaban J connectivity index is 1.34. The van der Waals surface area contributed by atoms with Crippen molar-refractivity contribution in [3.05, 3.63) is 11.8 Å². The SMILES string of the molecule is C[C@]12CCC(=O)NC1=CC[C@H]1[C@@H]3CCC[C@@]3(CC(=O)NC3CCCC3)CC[C@@H]12. The van der Waals surface area contributed by atoms with Gasteiger partial charge >= 0.3 is 0 Å². The summed E-state index contributed by atoms with van der Waals surface area (Å²) in [5, 5.41) is 6.56. The first-order valence-corrected chi connectivity index (χ1v) is 11.8. The number of allylic oxidation sites excluding steroid dienone is 2. The summed E-state index contributed by atoms with van der Waals surface area (Å²) in [5.41, 5.74) is 1.58. The number of piperidine rings is 1. The zero-order valence-corrected chi connectivity index (χ0v) is 17.4. The first-order chi connectivity index (χ1) is 13.5. The fraction of sp³-hybridized carbons (Fsp3) is 0.833. The van der Waals surface area contributed by atoms with Crippen molar-refractivity contribution in [2.75, 3.05) is 0 Å². The maximum Gasteiger partial charge on any atom is 0.224 e. The summed E-state index contributed by atoms with van der Waals surface area (Å²) in [6.45, 7) is 2.39. The van der Waals surface area contributed by atoms with Crippen LogP contribution in [0.4, 0.5) is 0 Å². The third-order valence-corrected chi connectivity index (χ3v) is 9.37. The van der Waals surface area contributed by atoms with Gasteiger partial charge in [-0.15, -0.1) is 0 Å². The lowest BCUT2D eigenvalue weighted by molar-refractivity contribution is -0.130. The second kappa shape index (κ2) is 6.88. The van der Waals surface area contributed by atoms with Crippen LogP contribution in [0.1, 0.15) is 90.4 Å². The first kappa shape index (κ1) is 18.7. The Morgan fingerprint density at radius 1 is 1.11 bits per heavy atom. The molecule has 0 aromatic heterocycles. The van der Waals surface area contributed by atoms with E-state index in [0.717, 1.165) is 19.3 Å². The van der Waals surface area contributed by atoms with Gasteiger partial charge in [-0.05, 0) is 74.5 Å². The molecule has 28 heavy (non-hydrogen) atoms. The van der Waals surface area contributed by atoms with Crippen LogP contribution < -0.4 is 10.6 Å². The zero-order valence-electron chi connectivity index (χ0n) is 17.4. The van der Waals surface area contributed by atoms with Gasteiger partial charge in [-0.1, -0.05) is 32.3 Å². The number of rotatable bonds is 3. The number of hydrogen-bond acceptors (Lipinski definition) is 2. The van der Waals surface area contributed by atoms with Gasteiger partial charge in [0.2, 0.25) is 11.8 Å². The van der Waals surface area contributed by atoms with E-state index in [9.17, 15) is 9.59 Å². The van der Waals surface area contributed by atoms with E-state index in [1.807, 2.05) is 0 Å². The summed E-state index contributed by atoms with van der Waals surface area (Å²) >= 11 is 0. The Hall–Kier alpha value is -1.32. The van der Waals surface area contributed by atoms with E-state index in [1.54, 1.807) is 0 Å². The first-order valence-electron chi connectivity index (χ1n) is 11.8. The predicted molar refractivity (Wildman–Crippen MR) is 109 cm³/mol. The standard InChI is InChI=1S/C24H36N2O2/c1-23-13-11-21(27)26-20(23)9-8-17-18(23)10-14-24(12-4-7-19(17)24)15-22(28)25-16-5-2-3-6-16/h9,16-19H,2-8,10-15H2,1H3,(H,25,28)(H,26,27)/t17-,18+,19+,23-,24+/m1/s1. The Morgan fingerprint density at radius 3 is 2.75 bits per heavy atom. The topological polar surface area (TPSA) is 58.2 Å². The average molecular weight is 385 g/mol. The molecule has 4 nitrogen and oxygen atoms in total. The van der Waals surface area contributed by atoms with Gasteiger partial charge in [-0.25, -0.2) is 0 Å². The molecule has 5 atom stereocenters. The fourth-order valence-electron chi connectivity index (χ4n) is 7.96. The van der Waals surface area contributed by atoms with Crippen molar-refractivity contribution in [1.29, 1.82) is 0 Å². The average Bonchev–Trinajstić information content (AvgIpc) is 3.31. The molecule has 3 saturated carbocycles. The quantitative estimate of drug-likeness (QED) is 0.755. The molecular formula is C24H36N2O2. The van der Waals surface area contributed by atoms with Crippen LogP contribution in [0.2, 0.25) is 0 Å². The monoisotopic (exact) mass is 384 g/mol.